The average molecular weight is 593 g/mol. The molecule has 6 atom stereocenters. The van der Waals surface area contributed by atoms with E-state index in [0.717, 1.165) is 28.6 Å². The van der Waals surface area contributed by atoms with Gasteiger partial charge in [0.15, 0.2) is 0 Å². The fraction of sp³-hybridized carbons (Fsp3) is 0.625. The van der Waals surface area contributed by atoms with Crippen molar-refractivity contribution in [2.45, 2.75) is 60.4 Å². The summed E-state index contributed by atoms with van der Waals surface area (Å²) in [6.45, 7) is 2.04. The third-order valence-electron chi connectivity index (χ3n) is 7.14. The summed E-state index contributed by atoms with van der Waals surface area (Å²) >= 11 is 6.45. The maximum atomic E-state index is 14.0. The Morgan fingerprint density at radius 1 is 1.28 bits per heavy atom. The van der Waals surface area contributed by atoms with E-state index in [2.05, 4.69) is 10.3 Å². The van der Waals surface area contributed by atoms with Crippen LogP contribution in [0.2, 0.25) is 5.02 Å². The molecule has 2 aliphatic rings. The molecule has 2 aromatic rings. The summed E-state index contributed by atoms with van der Waals surface area (Å²) < 4.78 is 40.3. The topological polar surface area (TPSA) is 150 Å². The van der Waals surface area contributed by atoms with Crippen LogP contribution in [0.25, 0.3) is 11.3 Å². The molecule has 0 bridgehead atoms. The van der Waals surface area contributed by atoms with Gasteiger partial charge in [0.2, 0.25) is 5.91 Å². The molecule has 1 aromatic heterocycles. The Hall–Kier alpha value is -1.91. The molecule has 2 fully saturated rings. The standard InChI is InChI=1S/C24H31ClF2N4O7S/c1-3-30(2)22(35)21(24(36)4-6-37-7-5-24)39-23-20(34)18(19(33)16(11-32)38-23)31-10-15(28-29-31)12-8-13(26)17(25)14(27)9-12/h8-10,16,18-21,23,32-34,36H,3-7,11H2,1-2H3/t16-,18+,19+,20-,21?,23+/m1/s1. The first-order valence-electron chi connectivity index (χ1n) is 12.4. The van der Waals surface area contributed by atoms with E-state index in [9.17, 15) is 34.0 Å². The first kappa shape index (κ1) is 30.1. The van der Waals surface area contributed by atoms with Gasteiger partial charge in [0, 0.05) is 45.2 Å². The molecule has 2 aliphatic heterocycles. The van der Waals surface area contributed by atoms with Crippen LogP contribution in [-0.4, -0.2) is 114 Å². The van der Waals surface area contributed by atoms with Gasteiger partial charge in [-0.1, -0.05) is 16.8 Å². The molecule has 15 heteroatoms. The Morgan fingerprint density at radius 2 is 1.92 bits per heavy atom. The summed E-state index contributed by atoms with van der Waals surface area (Å²) in [7, 11) is 1.60. The molecule has 0 radical (unpaired) electrons. The molecule has 1 unspecified atom stereocenters. The van der Waals surface area contributed by atoms with Gasteiger partial charge >= 0.3 is 0 Å². The number of aromatic nitrogens is 3. The highest BCUT2D eigenvalue weighted by Crippen LogP contribution is 2.42. The van der Waals surface area contributed by atoms with Gasteiger partial charge in [-0.2, -0.15) is 0 Å². The monoisotopic (exact) mass is 592 g/mol. The molecule has 11 nitrogen and oxygen atoms in total. The van der Waals surface area contributed by atoms with Gasteiger partial charge in [-0.15, -0.1) is 16.9 Å². The summed E-state index contributed by atoms with van der Waals surface area (Å²) in [5, 5.41) is 49.7. The maximum Gasteiger partial charge on any atom is 0.238 e. The summed E-state index contributed by atoms with van der Waals surface area (Å²) in [5.41, 5.74) is -2.57. The van der Waals surface area contributed by atoms with E-state index < -0.39 is 63.9 Å². The van der Waals surface area contributed by atoms with E-state index in [4.69, 9.17) is 21.1 Å². The summed E-state index contributed by atoms with van der Waals surface area (Å²) in [5.74, 6) is -2.37. The molecular formula is C24H31ClF2N4O7S. The number of amides is 1. The summed E-state index contributed by atoms with van der Waals surface area (Å²) in [6, 6.07) is 0.724. The van der Waals surface area contributed by atoms with Crippen LogP contribution >= 0.6 is 23.4 Å². The smallest absolute Gasteiger partial charge is 0.238 e. The highest BCUT2D eigenvalue weighted by atomic mass is 35.5. The minimum Gasteiger partial charge on any atom is -0.394 e. The van der Waals surface area contributed by atoms with Crippen molar-refractivity contribution in [3.63, 3.8) is 0 Å². The molecule has 0 spiro atoms. The number of halogens is 3. The minimum atomic E-state index is -1.49. The van der Waals surface area contributed by atoms with Gasteiger partial charge in [0.1, 0.15) is 57.4 Å². The largest absolute Gasteiger partial charge is 0.394 e. The predicted molar refractivity (Wildman–Crippen MR) is 137 cm³/mol. The number of hydrogen-bond acceptors (Lipinski definition) is 10. The SMILES string of the molecule is CCN(C)C(=O)C(S[C@@H]1O[C@H](CO)[C@H](O)[C@H](n2cc(-c3cc(F)c(Cl)c(F)c3)nn2)[C@H]1O)C1(O)CCOCC1. The highest BCUT2D eigenvalue weighted by molar-refractivity contribution is 8.01. The number of aliphatic hydroxyl groups excluding tert-OH is 3. The molecule has 3 heterocycles. The van der Waals surface area contributed by atoms with E-state index >= 15 is 0 Å². The van der Waals surface area contributed by atoms with E-state index in [1.807, 2.05) is 0 Å². The minimum absolute atomic E-state index is 0.0244. The fourth-order valence-corrected chi connectivity index (χ4v) is 6.33. The van der Waals surface area contributed by atoms with Crippen molar-refractivity contribution in [1.29, 1.82) is 0 Å². The van der Waals surface area contributed by atoms with Crippen molar-refractivity contribution >= 4 is 29.3 Å². The van der Waals surface area contributed by atoms with E-state index in [1.54, 1.807) is 14.0 Å². The number of carbonyl (C=O) groups excluding carboxylic acids is 1. The number of rotatable bonds is 8. The first-order chi connectivity index (χ1) is 18.5. The zero-order chi connectivity index (χ0) is 28.5. The van der Waals surface area contributed by atoms with Gasteiger partial charge in [0.05, 0.1) is 18.4 Å². The van der Waals surface area contributed by atoms with Crippen LogP contribution in [0.15, 0.2) is 18.3 Å². The molecule has 1 amide bonds. The fourth-order valence-electron chi connectivity index (χ4n) is 4.64. The molecule has 1 aromatic carbocycles. The van der Waals surface area contributed by atoms with Gasteiger partial charge in [-0.25, -0.2) is 13.5 Å². The Morgan fingerprint density at radius 3 is 2.51 bits per heavy atom. The van der Waals surface area contributed by atoms with Crippen LogP contribution in [0.5, 0.6) is 0 Å². The van der Waals surface area contributed by atoms with Crippen molar-refractivity contribution in [3.8, 4) is 11.3 Å². The molecule has 4 rings (SSSR count). The second-order valence-electron chi connectivity index (χ2n) is 9.62. The normalized spacial score (nSPS) is 27.8. The first-order valence-corrected chi connectivity index (χ1v) is 13.7. The maximum absolute atomic E-state index is 14.0. The van der Waals surface area contributed by atoms with Crippen LogP contribution in [0.3, 0.4) is 0 Å². The number of ether oxygens (including phenoxy) is 2. The predicted octanol–water partition coefficient (Wildman–Crippen LogP) is 0.978. The zero-order valence-corrected chi connectivity index (χ0v) is 22.9. The second kappa shape index (κ2) is 12.3. The van der Waals surface area contributed by atoms with Crippen LogP contribution in [0.1, 0.15) is 25.8 Å². The lowest BCUT2D eigenvalue weighted by Crippen LogP contribution is -2.58. The molecule has 39 heavy (non-hydrogen) atoms. The number of nitrogens with zero attached hydrogens (tertiary/aromatic N) is 4. The van der Waals surface area contributed by atoms with Gasteiger partial charge in [-0.3, -0.25) is 4.79 Å². The van der Waals surface area contributed by atoms with Crippen LogP contribution < -0.4 is 0 Å². The molecule has 0 aliphatic carbocycles. The highest BCUT2D eigenvalue weighted by Gasteiger charge is 2.51. The Bertz CT molecular complexity index is 1150. The van der Waals surface area contributed by atoms with Crippen LogP contribution in [0.4, 0.5) is 8.78 Å². The zero-order valence-electron chi connectivity index (χ0n) is 21.3. The lowest BCUT2D eigenvalue weighted by molar-refractivity contribution is -0.179. The van der Waals surface area contributed by atoms with E-state index in [1.165, 1.54) is 11.1 Å². The van der Waals surface area contributed by atoms with Gasteiger partial charge < -0.3 is 34.8 Å². The molecule has 4 N–H and O–H groups in total. The van der Waals surface area contributed by atoms with Gasteiger partial charge in [-0.05, 0) is 19.1 Å². The molecule has 0 saturated carbocycles. The van der Waals surface area contributed by atoms with Crippen molar-refractivity contribution in [1.82, 2.24) is 19.9 Å². The van der Waals surface area contributed by atoms with E-state index in [0.29, 0.717) is 6.54 Å². The lowest BCUT2D eigenvalue weighted by Gasteiger charge is -2.45. The number of thioether (sulfide) groups is 1. The van der Waals surface area contributed by atoms with Crippen LogP contribution in [-0.2, 0) is 14.3 Å². The second-order valence-corrected chi connectivity index (χ2v) is 11.2. The van der Waals surface area contributed by atoms with Crippen molar-refractivity contribution in [2.24, 2.45) is 0 Å². The number of hydrogen-bond donors (Lipinski definition) is 4. The number of carbonyl (C=O) groups is 1. The van der Waals surface area contributed by atoms with Crippen molar-refractivity contribution in [2.75, 3.05) is 33.4 Å². The molecule has 216 valence electrons. The molecule has 2 saturated heterocycles. The Balaban J connectivity index is 1.65. The average Bonchev–Trinajstić information content (AvgIpc) is 3.40. The summed E-state index contributed by atoms with van der Waals surface area (Å²) in [6.07, 6.45) is -2.49. The van der Waals surface area contributed by atoms with Crippen LogP contribution in [0, 0.1) is 11.6 Å². The lowest BCUT2D eigenvalue weighted by atomic mass is 9.89. The Kier molecular flexibility index (Phi) is 9.49. The third-order valence-corrected chi connectivity index (χ3v) is 9.07. The summed E-state index contributed by atoms with van der Waals surface area (Å²) in [4.78, 5) is 14.8. The Labute approximate surface area is 232 Å². The number of aliphatic hydroxyl groups is 4. The van der Waals surface area contributed by atoms with E-state index in [-0.39, 0.29) is 43.2 Å². The van der Waals surface area contributed by atoms with Gasteiger partial charge in [0.25, 0.3) is 0 Å². The third kappa shape index (κ3) is 6.07. The quantitative estimate of drug-likeness (QED) is 0.327. The number of benzene rings is 1. The van der Waals surface area contributed by atoms with Crippen molar-refractivity contribution in [3.05, 3.63) is 35.0 Å². The van der Waals surface area contributed by atoms with Crippen molar-refractivity contribution < 1.29 is 43.5 Å². The molecular weight excluding hydrogens is 562 g/mol.